The molecule has 0 aliphatic carbocycles. The third kappa shape index (κ3) is 3.83. The predicted octanol–water partition coefficient (Wildman–Crippen LogP) is 1.74. The molecule has 1 heterocycles. The Balaban J connectivity index is 2.55. The van der Waals surface area contributed by atoms with Gasteiger partial charge in [0, 0.05) is 17.3 Å². The van der Waals surface area contributed by atoms with E-state index in [1.807, 2.05) is 0 Å². The molecule has 4 nitrogen and oxygen atoms in total. The minimum atomic E-state index is -1.04. The molecule has 0 bridgehead atoms. The van der Waals surface area contributed by atoms with Crippen molar-refractivity contribution in [3.8, 4) is 0 Å². The molecule has 0 aromatic heterocycles. The minimum Gasteiger partial charge on any atom is -0.332 e. The van der Waals surface area contributed by atoms with E-state index >= 15 is 0 Å². The molecule has 2 atom stereocenters. The van der Waals surface area contributed by atoms with Crippen LogP contribution in [0.2, 0.25) is 0 Å². The average molecular weight is 264 g/mol. The second-order valence-corrected chi connectivity index (χ2v) is 10.1. The Kier molecular flexibility index (Phi) is 4.88. The van der Waals surface area contributed by atoms with Crippen LogP contribution in [0.3, 0.4) is 0 Å². The molecule has 0 amide bonds. The van der Waals surface area contributed by atoms with Crippen molar-refractivity contribution in [1.82, 2.24) is 4.90 Å². The molecule has 1 saturated heterocycles. The van der Waals surface area contributed by atoms with Crippen LogP contribution in [0.5, 0.6) is 0 Å². The van der Waals surface area contributed by atoms with Gasteiger partial charge in [0.15, 0.2) is 0 Å². The van der Waals surface area contributed by atoms with E-state index in [0.717, 1.165) is 13.0 Å². The highest BCUT2D eigenvalue weighted by Gasteiger charge is 2.36. The van der Waals surface area contributed by atoms with Crippen LogP contribution in [0.25, 0.3) is 0 Å². The second-order valence-electron chi connectivity index (χ2n) is 6.23. The van der Waals surface area contributed by atoms with Crippen LogP contribution in [0.4, 0.5) is 0 Å². The predicted molar refractivity (Wildman–Crippen MR) is 75.2 cm³/mol. The fourth-order valence-electron chi connectivity index (χ4n) is 1.89. The van der Waals surface area contributed by atoms with Gasteiger partial charge in [-0.15, -0.1) is 10.3 Å². The summed E-state index contributed by atoms with van der Waals surface area (Å²) in [7, 11) is 1.06. The quantitative estimate of drug-likeness (QED) is 0.786. The van der Waals surface area contributed by atoms with Crippen molar-refractivity contribution in [3.05, 3.63) is 0 Å². The summed E-state index contributed by atoms with van der Waals surface area (Å²) < 4.78 is 6.57. The molecular weight excluding hydrogens is 236 g/mol. The second kappa shape index (κ2) is 5.45. The summed E-state index contributed by atoms with van der Waals surface area (Å²) in [6, 6.07) is 0.389. The molecule has 0 radical (unpaired) electrons. The van der Waals surface area contributed by atoms with E-state index in [-0.39, 0.29) is 4.75 Å². The van der Waals surface area contributed by atoms with Gasteiger partial charge in [0.1, 0.15) is 0 Å². The van der Waals surface area contributed by atoms with Crippen molar-refractivity contribution in [2.45, 2.75) is 44.1 Å². The van der Waals surface area contributed by atoms with Crippen LogP contribution >= 0.6 is 10.3 Å². The maximum Gasteiger partial charge on any atom is 0.0843 e. The van der Waals surface area contributed by atoms with Gasteiger partial charge in [-0.05, 0) is 26.0 Å². The Hall–Kier alpha value is 0.190. The highest BCUT2D eigenvalue weighted by molar-refractivity contribution is 8.29. The summed E-state index contributed by atoms with van der Waals surface area (Å²) in [5, 5.41) is 0. The van der Waals surface area contributed by atoms with E-state index in [4.69, 9.17) is 14.9 Å². The van der Waals surface area contributed by atoms with E-state index < -0.39 is 10.3 Å². The zero-order valence-corrected chi connectivity index (χ0v) is 12.8. The van der Waals surface area contributed by atoms with Crippen molar-refractivity contribution < 1.29 is 9.02 Å². The maximum atomic E-state index is 6.36. The maximum absolute atomic E-state index is 6.36. The molecule has 1 aliphatic heterocycles. The highest BCUT2D eigenvalue weighted by atomic mass is 32.3. The fourth-order valence-corrected chi connectivity index (χ4v) is 3.00. The third-order valence-corrected chi connectivity index (χ3v) is 7.49. The molecule has 17 heavy (non-hydrogen) atoms. The van der Waals surface area contributed by atoms with Crippen LogP contribution in [0, 0.1) is 0 Å². The Morgan fingerprint density at radius 3 is 2.41 bits per heavy atom. The lowest BCUT2D eigenvalue weighted by Gasteiger charge is -2.45. The number of hydrogen-bond donors (Lipinski definition) is 1. The van der Waals surface area contributed by atoms with Gasteiger partial charge in [-0.25, -0.2) is 5.90 Å². The molecular formula is C12H28N2O2S. The van der Waals surface area contributed by atoms with Gasteiger partial charge in [-0.1, -0.05) is 20.8 Å². The number of hydrogen-bond acceptors (Lipinski definition) is 4. The zero-order valence-electron chi connectivity index (χ0n) is 12.0. The largest absolute Gasteiger partial charge is 0.332 e. The highest BCUT2D eigenvalue weighted by Crippen LogP contribution is 2.55. The van der Waals surface area contributed by atoms with Crippen LogP contribution in [0.1, 0.15) is 27.2 Å². The summed E-state index contributed by atoms with van der Waals surface area (Å²) in [6.45, 7) is 8.31. The molecule has 0 aromatic rings. The third-order valence-electron chi connectivity index (χ3n) is 3.79. The molecule has 104 valence electrons. The molecule has 1 aliphatic rings. The molecule has 1 rings (SSSR count). The van der Waals surface area contributed by atoms with Crippen LogP contribution in [-0.4, -0.2) is 54.5 Å². The summed E-state index contributed by atoms with van der Waals surface area (Å²) >= 11 is 0. The smallest absolute Gasteiger partial charge is 0.0843 e. The van der Waals surface area contributed by atoms with Crippen molar-refractivity contribution >= 4 is 10.3 Å². The van der Waals surface area contributed by atoms with Crippen molar-refractivity contribution in [2.24, 2.45) is 5.90 Å². The van der Waals surface area contributed by atoms with E-state index in [0.29, 0.717) is 18.8 Å². The topological polar surface area (TPSA) is 47.7 Å². The van der Waals surface area contributed by atoms with Gasteiger partial charge < -0.3 is 9.02 Å². The number of likely N-dealkylation sites (tertiary alicyclic amines) is 1. The summed E-state index contributed by atoms with van der Waals surface area (Å²) in [5.74, 6) is 5.15. The van der Waals surface area contributed by atoms with Crippen LogP contribution in [-0.2, 0) is 9.02 Å². The van der Waals surface area contributed by atoms with Gasteiger partial charge in [0.25, 0.3) is 0 Å². The average Bonchev–Trinajstić information content (AvgIpc) is 2.44. The summed E-state index contributed by atoms with van der Waals surface area (Å²) in [5.41, 5.74) is 0. The Morgan fingerprint density at radius 1 is 1.35 bits per heavy atom. The zero-order chi connectivity index (χ0) is 13.3. The lowest BCUT2D eigenvalue weighted by Crippen LogP contribution is -2.31. The van der Waals surface area contributed by atoms with Crippen molar-refractivity contribution in [3.63, 3.8) is 0 Å². The first-order valence-corrected chi connectivity index (χ1v) is 8.48. The van der Waals surface area contributed by atoms with Gasteiger partial charge in [-0.3, -0.25) is 4.90 Å². The fraction of sp³-hybridized carbons (Fsp3) is 1.00. The normalized spacial score (nSPS) is 28.6. The van der Waals surface area contributed by atoms with Crippen LogP contribution < -0.4 is 5.90 Å². The van der Waals surface area contributed by atoms with Crippen molar-refractivity contribution in [1.29, 1.82) is 0 Å². The summed E-state index contributed by atoms with van der Waals surface area (Å²) in [6.07, 6.45) is 5.82. The van der Waals surface area contributed by atoms with E-state index in [1.165, 1.54) is 0 Å². The number of likely N-dealkylation sites (N-methyl/N-ethyl adjacent to an activating group) is 1. The first-order valence-electron chi connectivity index (χ1n) is 6.10. The summed E-state index contributed by atoms with van der Waals surface area (Å²) in [4.78, 5) is 7.02. The lowest BCUT2D eigenvalue weighted by atomic mass is 10.2. The van der Waals surface area contributed by atoms with Gasteiger partial charge in [0.05, 0.1) is 12.7 Å². The van der Waals surface area contributed by atoms with Crippen LogP contribution in [0.15, 0.2) is 0 Å². The molecule has 1 fully saturated rings. The Bertz CT molecular complexity index is 253. The Labute approximate surface area is 107 Å². The van der Waals surface area contributed by atoms with E-state index in [1.54, 1.807) is 0 Å². The monoisotopic (exact) mass is 264 g/mol. The molecule has 0 spiro atoms. The Morgan fingerprint density at radius 2 is 1.94 bits per heavy atom. The molecule has 0 aromatic carbocycles. The number of nitrogens with zero attached hydrogens (tertiary/aromatic N) is 1. The standard InChI is InChI=1S/C12H28N2O2S/c1-12(2,3)17(5,6)16-11-7-10(9-15-13)14(4)8-11/h10-11H,7-9,13H2,1-6H3/t10-,11?/m0/s1. The first kappa shape index (κ1) is 15.2. The van der Waals surface area contributed by atoms with E-state index in [2.05, 4.69) is 45.2 Å². The molecule has 2 N–H and O–H groups in total. The van der Waals surface area contributed by atoms with Crippen molar-refractivity contribution in [2.75, 3.05) is 32.7 Å². The van der Waals surface area contributed by atoms with E-state index in [9.17, 15) is 0 Å². The lowest BCUT2D eigenvalue weighted by molar-refractivity contribution is 0.0868. The molecule has 5 heteroatoms. The first-order chi connectivity index (χ1) is 7.67. The van der Waals surface area contributed by atoms with Gasteiger partial charge >= 0.3 is 0 Å². The number of nitrogens with two attached hydrogens (primary N) is 1. The SMILES string of the molecule is CN1CC(OS(C)(C)C(C)(C)C)C[C@H]1CON. The number of rotatable bonds is 4. The minimum absolute atomic E-state index is 0.216. The van der Waals surface area contributed by atoms with Gasteiger partial charge in [-0.2, -0.15) is 0 Å². The molecule has 1 unspecified atom stereocenters. The van der Waals surface area contributed by atoms with Gasteiger partial charge in [0.2, 0.25) is 0 Å². The molecule has 0 saturated carbocycles.